The molecule has 0 saturated heterocycles. The van der Waals surface area contributed by atoms with Gasteiger partial charge in [-0.2, -0.15) is 0 Å². The minimum absolute atomic E-state index is 0.104. The Kier molecular flexibility index (Phi) is 4.87. The monoisotopic (exact) mass is 307 g/mol. The third-order valence-electron chi connectivity index (χ3n) is 5.54. The van der Waals surface area contributed by atoms with Crippen LogP contribution in [0.15, 0.2) is 70.9 Å². The van der Waals surface area contributed by atoms with Crippen LogP contribution in [0.25, 0.3) is 0 Å². The SMILES string of the molecule is CC1=CC=C(C(CN)(C2=CC(C)CC=C2)C2=CC=CCC2)CC1. The van der Waals surface area contributed by atoms with Crippen molar-refractivity contribution < 1.29 is 0 Å². The van der Waals surface area contributed by atoms with E-state index in [4.69, 9.17) is 5.73 Å². The average molecular weight is 307 g/mol. The van der Waals surface area contributed by atoms with Crippen LogP contribution in [0.4, 0.5) is 0 Å². The van der Waals surface area contributed by atoms with Gasteiger partial charge in [0.1, 0.15) is 0 Å². The molecule has 0 aromatic rings. The van der Waals surface area contributed by atoms with Gasteiger partial charge in [0, 0.05) is 12.0 Å². The smallest absolute Gasteiger partial charge is 0.0496 e. The van der Waals surface area contributed by atoms with E-state index in [1.54, 1.807) is 0 Å². The maximum absolute atomic E-state index is 6.48. The number of hydrogen-bond acceptors (Lipinski definition) is 1. The first-order valence-electron chi connectivity index (χ1n) is 8.98. The lowest BCUT2D eigenvalue weighted by Gasteiger charge is -2.42. The van der Waals surface area contributed by atoms with Crippen LogP contribution in [-0.4, -0.2) is 6.54 Å². The van der Waals surface area contributed by atoms with E-state index in [0.717, 1.165) is 32.1 Å². The maximum atomic E-state index is 6.48. The standard InChI is InChI=1S/C22H29N/c1-17-11-13-20(14-12-17)22(16-23,19-8-4-3-5-9-19)21-10-6-7-18(2)15-21/h3-4,6,8,10-11,13,15,18H,5,7,9,12,14,16,23H2,1-2H3. The lowest BCUT2D eigenvalue weighted by Crippen LogP contribution is -2.38. The molecule has 0 saturated carbocycles. The molecule has 23 heavy (non-hydrogen) atoms. The summed E-state index contributed by atoms with van der Waals surface area (Å²) in [5, 5.41) is 0. The molecule has 122 valence electrons. The Labute approximate surface area is 141 Å². The Balaban J connectivity index is 2.14. The Morgan fingerprint density at radius 3 is 2.52 bits per heavy atom. The van der Waals surface area contributed by atoms with Gasteiger partial charge in [0.15, 0.2) is 0 Å². The Morgan fingerprint density at radius 2 is 1.91 bits per heavy atom. The predicted octanol–water partition coefficient (Wildman–Crippen LogP) is 5.40. The fraction of sp³-hybridized carbons (Fsp3) is 0.455. The zero-order chi connectivity index (χ0) is 16.3. The third-order valence-corrected chi connectivity index (χ3v) is 5.54. The summed E-state index contributed by atoms with van der Waals surface area (Å²) in [6, 6.07) is 0. The largest absolute Gasteiger partial charge is 0.329 e. The van der Waals surface area contributed by atoms with E-state index >= 15 is 0 Å². The quantitative estimate of drug-likeness (QED) is 0.739. The van der Waals surface area contributed by atoms with Crippen molar-refractivity contribution in [2.75, 3.05) is 6.54 Å². The molecule has 0 heterocycles. The number of allylic oxidation sites excluding steroid dienone is 9. The van der Waals surface area contributed by atoms with Gasteiger partial charge in [0.05, 0.1) is 0 Å². The van der Waals surface area contributed by atoms with Crippen LogP contribution in [0.3, 0.4) is 0 Å². The summed E-state index contributed by atoms with van der Waals surface area (Å²) < 4.78 is 0. The molecule has 2 atom stereocenters. The summed E-state index contributed by atoms with van der Waals surface area (Å²) in [5.41, 5.74) is 12.3. The lowest BCUT2D eigenvalue weighted by molar-refractivity contribution is 0.482. The van der Waals surface area contributed by atoms with E-state index in [9.17, 15) is 0 Å². The molecule has 1 nitrogen and oxygen atoms in total. The first-order valence-corrected chi connectivity index (χ1v) is 8.98. The van der Waals surface area contributed by atoms with Gasteiger partial charge in [-0.1, -0.05) is 72.3 Å². The summed E-state index contributed by atoms with van der Waals surface area (Å²) >= 11 is 0. The highest BCUT2D eigenvalue weighted by molar-refractivity contribution is 5.51. The molecule has 3 aliphatic rings. The Bertz CT molecular complexity index is 639. The Morgan fingerprint density at radius 1 is 1.09 bits per heavy atom. The van der Waals surface area contributed by atoms with Crippen molar-refractivity contribution in [1.29, 1.82) is 0 Å². The van der Waals surface area contributed by atoms with Gasteiger partial charge in [-0.3, -0.25) is 0 Å². The van der Waals surface area contributed by atoms with Crippen molar-refractivity contribution in [1.82, 2.24) is 0 Å². The highest BCUT2D eigenvalue weighted by Crippen LogP contribution is 2.49. The molecule has 0 fully saturated rings. The Hall–Kier alpha value is -1.60. The predicted molar refractivity (Wildman–Crippen MR) is 100 cm³/mol. The highest BCUT2D eigenvalue weighted by Gasteiger charge is 2.39. The van der Waals surface area contributed by atoms with Crippen LogP contribution >= 0.6 is 0 Å². The summed E-state index contributed by atoms with van der Waals surface area (Å²) in [4.78, 5) is 0. The van der Waals surface area contributed by atoms with E-state index < -0.39 is 0 Å². The van der Waals surface area contributed by atoms with Crippen molar-refractivity contribution in [2.45, 2.75) is 46.0 Å². The molecule has 0 aliphatic heterocycles. The molecule has 3 aliphatic carbocycles. The summed E-state index contributed by atoms with van der Waals surface area (Å²) in [6.07, 6.45) is 24.2. The second-order valence-corrected chi connectivity index (χ2v) is 7.21. The van der Waals surface area contributed by atoms with Gasteiger partial charge in [-0.05, 0) is 50.5 Å². The van der Waals surface area contributed by atoms with E-state index in [0.29, 0.717) is 12.5 Å². The molecule has 2 N–H and O–H groups in total. The molecule has 0 aromatic heterocycles. The van der Waals surface area contributed by atoms with E-state index in [2.05, 4.69) is 62.5 Å². The highest BCUT2D eigenvalue weighted by atomic mass is 14.6. The van der Waals surface area contributed by atoms with E-state index in [1.807, 2.05) is 0 Å². The molecule has 2 unspecified atom stereocenters. The van der Waals surface area contributed by atoms with Gasteiger partial charge >= 0.3 is 0 Å². The van der Waals surface area contributed by atoms with Crippen LogP contribution in [0, 0.1) is 11.3 Å². The van der Waals surface area contributed by atoms with Gasteiger partial charge < -0.3 is 5.73 Å². The van der Waals surface area contributed by atoms with Gasteiger partial charge in [0.2, 0.25) is 0 Å². The van der Waals surface area contributed by atoms with Crippen molar-refractivity contribution in [3.8, 4) is 0 Å². The molecular weight excluding hydrogens is 278 g/mol. The van der Waals surface area contributed by atoms with Crippen LogP contribution in [-0.2, 0) is 0 Å². The molecule has 1 heteroatoms. The fourth-order valence-corrected chi connectivity index (χ4v) is 4.14. The normalized spacial score (nSPS) is 26.8. The molecule has 0 amide bonds. The third kappa shape index (κ3) is 3.07. The zero-order valence-corrected chi connectivity index (χ0v) is 14.5. The van der Waals surface area contributed by atoms with Crippen LogP contribution in [0.2, 0.25) is 0 Å². The minimum Gasteiger partial charge on any atom is -0.329 e. The van der Waals surface area contributed by atoms with Crippen LogP contribution in [0.1, 0.15) is 46.0 Å². The van der Waals surface area contributed by atoms with Crippen LogP contribution in [0.5, 0.6) is 0 Å². The fourth-order valence-electron chi connectivity index (χ4n) is 4.14. The maximum Gasteiger partial charge on any atom is 0.0496 e. The molecule has 0 radical (unpaired) electrons. The van der Waals surface area contributed by atoms with E-state index in [-0.39, 0.29) is 5.41 Å². The molecule has 0 spiro atoms. The first kappa shape index (κ1) is 16.3. The minimum atomic E-state index is -0.104. The topological polar surface area (TPSA) is 26.0 Å². The summed E-state index contributed by atoms with van der Waals surface area (Å²) in [6.45, 7) is 5.19. The second-order valence-electron chi connectivity index (χ2n) is 7.21. The van der Waals surface area contributed by atoms with E-state index in [1.165, 1.54) is 22.3 Å². The van der Waals surface area contributed by atoms with Crippen molar-refractivity contribution in [3.63, 3.8) is 0 Å². The van der Waals surface area contributed by atoms with Crippen LogP contribution < -0.4 is 5.73 Å². The zero-order valence-electron chi connectivity index (χ0n) is 14.5. The van der Waals surface area contributed by atoms with Gasteiger partial charge in [-0.15, -0.1) is 0 Å². The number of rotatable bonds is 4. The summed E-state index contributed by atoms with van der Waals surface area (Å²) in [7, 11) is 0. The van der Waals surface area contributed by atoms with Crippen molar-refractivity contribution >= 4 is 0 Å². The van der Waals surface area contributed by atoms with Gasteiger partial charge in [0.25, 0.3) is 0 Å². The number of nitrogens with two attached hydrogens (primary N) is 1. The first-order chi connectivity index (χ1) is 11.2. The van der Waals surface area contributed by atoms with Crippen molar-refractivity contribution in [3.05, 3.63) is 70.9 Å². The average Bonchev–Trinajstić information content (AvgIpc) is 2.59. The molecule has 3 rings (SSSR count). The lowest BCUT2D eigenvalue weighted by atomic mass is 9.63. The molecule has 0 aromatic carbocycles. The molecule has 0 bridgehead atoms. The summed E-state index contributed by atoms with van der Waals surface area (Å²) in [5.74, 6) is 0.599. The second kappa shape index (κ2) is 6.88. The van der Waals surface area contributed by atoms with Crippen molar-refractivity contribution in [2.24, 2.45) is 17.1 Å². The van der Waals surface area contributed by atoms with Gasteiger partial charge in [-0.25, -0.2) is 0 Å². The molecular formula is C22H29N. The number of hydrogen-bond donors (Lipinski definition) is 1.